The smallest absolute Gasteiger partial charge is 0.408 e. The molecule has 182 valence electrons. The largest absolute Gasteiger partial charge is 0.477 e. The summed E-state index contributed by atoms with van der Waals surface area (Å²) < 4.78 is 34.4. The van der Waals surface area contributed by atoms with Crippen LogP contribution in [-0.2, 0) is 20.1 Å². The van der Waals surface area contributed by atoms with E-state index in [0.717, 1.165) is 24.7 Å². The summed E-state index contributed by atoms with van der Waals surface area (Å²) in [4.78, 5) is 30.1. The van der Waals surface area contributed by atoms with Crippen molar-refractivity contribution < 1.29 is 27.5 Å². The highest BCUT2D eigenvalue weighted by Gasteiger charge is 2.39. The van der Waals surface area contributed by atoms with Crippen molar-refractivity contribution >= 4 is 21.8 Å². The summed E-state index contributed by atoms with van der Waals surface area (Å²) >= 11 is 0. The first-order valence-electron chi connectivity index (χ1n) is 11.3. The minimum Gasteiger partial charge on any atom is -0.477 e. The lowest BCUT2D eigenvalue weighted by atomic mass is 9.79. The fourth-order valence-corrected chi connectivity index (χ4v) is 5.37. The van der Waals surface area contributed by atoms with E-state index in [-0.39, 0.29) is 17.2 Å². The molecule has 10 heteroatoms. The molecule has 2 aliphatic rings. The zero-order valence-electron chi connectivity index (χ0n) is 19.6. The van der Waals surface area contributed by atoms with Crippen molar-refractivity contribution in [3.8, 4) is 5.88 Å². The SMILES string of the molecule is CCOc1nc(C2(NC(=O)OC(C)(C)C)CCCCC2)ccc1C(=O)N[C@@H]1C=CS(=O)(=O)C1. The topological polar surface area (TPSA) is 124 Å². The van der Waals surface area contributed by atoms with Gasteiger partial charge in [-0.2, -0.15) is 0 Å². The predicted octanol–water partition coefficient (Wildman–Crippen LogP) is 3.20. The van der Waals surface area contributed by atoms with Crippen LogP contribution in [0.1, 0.15) is 75.9 Å². The molecular formula is C23H33N3O6S. The van der Waals surface area contributed by atoms with E-state index in [1.165, 1.54) is 6.08 Å². The number of pyridine rings is 1. The molecule has 3 rings (SSSR count). The zero-order valence-corrected chi connectivity index (χ0v) is 20.5. The third-order valence-electron chi connectivity index (χ3n) is 5.57. The van der Waals surface area contributed by atoms with Crippen LogP contribution in [0.2, 0.25) is 0 Å². The molecule has 1 atom stereocenters. The summed E-state index contributed by atoms with van der Waals surface area (Å²) in [6.45, 7) is 7.51. The van der Waals surface area contributed by atoms with Crippen LogP contribution < -0.4 is 15.4 Å². The molecule has 9 nitrogen and oxygen atoms in total. The average Bonchev–Trinajstić information content (AvgIpc) is 3.05. The van der Waals surface area contributed by atoms with Crippen LogP contribution in [0, 0.1) is 0 Å². The van der Waals surface area contributed by atoms with Crippen molar-refractivity contribution in [2.75, 3.05) is 12.4 Å². The van der Waals surface area contributed by atoms with Crippen LogP contribution in [0.3, 0.4) is 0 Å². The van der Waals surface area contributed by atoms with Crippen LogP contribution in [0.4, 0.5) is 4.79 Å². The average molecular weight is 480 g/mol. The maximum Gasteiger partial charge on any atom is 0.408 e. The highest BCUT2D eigenvalue weighted by Crippen LogP contribution is 2.38. The highest BCUT2D eigenvalue weighted by molar-refractivity contribution is 7.94. The Hall–Kier alpha value is -2.62. The predicted molar refractivity (Wildman–Crippen MR) is 124 cm³/mol. The number of rotatable bonds is 6. The van der Waals surface area contributed by atoms with Gasteiger partial charge in [0.1, 0.15) is 11.2 Å². The molecule has 2 N–H and O–H groups in total. The minimum absolute atomic E-state index is 0.147. The summed E-state index contributed by atoms with van der Waals surface area (Å²) in [7, 11) is -3.29. The first-order valence-corrected chi connectivity index (χ1v) is 13.0. The van der Waals surface area contributed by atoms with Crippen molar-refractivity contribution in [1.29, 1.82) is 0 Å². The normalized spacial score (nSPS) is 21.3. The number of carbonyl (C=O) groups excluding carboxylic acids is 2. The van der Waals surface area contributed by atoms with Crippen LogP contribution in [0.15, 0.2) is 23.6 Å². The molecule has 0 bridgehead atoms. The number of hydrogen-bond donors (Lipinski definition) is 2. The van der Waals surface area contributed by atoms with Gasteiger partial charge < -0.3 is 20.1 Å². The molecule has 0 unspecified atom stereocenters. The van der Waals surface area contributed by atoms with E-state index in [4.69, 9.17) is 9.47 Å². The van der Waals surface area contributed by atoms with Gasteiger partial charge in [0.2, 0.25) is 5.88 Å². The molecule has 1 aliphatic carbocycles. The van der Waals surface area contributed by atoms with Gasteiger partial charge in [0, 0.05) is 5.41 Å². The fraction of sp³-hybridized carbons (Fsp3) is 0.609. The van der Waals surface area contributed by atoms with Crippen LogP contribution in [0.5, 0.6) is 5.88 Å². The molecule has 1 aliphatic heterocycles. The van der Waals surface area contributed by atoms with E-state index in [0.29, 0.717) is 25.1 Å². The van der Waals surface area contributed by atoms with Gasteiger partial charge in [0.25, 0.3) is 5.91 Å². The number of hydrogen-bond acceptors (Lipinski definition) is 7. The summed E-state index contributed by atoms with van der Waals surface area (Å²) in [5, 5.41) is 6.85. The van der Waals surface area contributed by atoms with Crippen molar-refractivity contribution in [1.82, 2.24) is 15.6 Å². The Balaban J connectivity index is 1.88. The van der Waals surface area contributed by atoms with E-state index in [1.807, 2.05) is 20.8 Å². The molecule has 1 fully saturated rings. The van der Waals surface area contributed by atoms with E-state index < -0.39 is 39.0 Å². The highest BCUT2D eigenvalue weighted by atomic mass is 32.2. The van der Waals surface area contributed by atoms with Gasteiger partial charge in [0.15, 0.2) is 9.84 Å². The van der Waals surface area contributed by atoms with Gasteiger partial charge in [-0.05, 0) is 58.7 Å². The van der Waals surface area contributed by atoms with Crippen molar-refractivity contribution in [3.05, 3.63) is 34.9 Å². The quantitative estimate of drug-likeness (QED) is 0.642. The number of alkyl carbamates (subject to hydrolysis) is 1. The van der Waals surface area contributed by atoms with E-state index in [2.05, 4.69) is 15.6 Å². The molecule has 2 amide bonds. The molecule has 0 radical (unpaired) electrons. The van der Waals surface area contributed by atoms with Gasteiger partial charge in [-0.1, -0.05) is 19.3 Å². The Labute approximate surface area is 195 Å². The molecule has 1 aromatic rings. The molecule has 33 heavy (non-hydrogen) atoms. The lowest BCUT2D eigenvalue weighted by Gasteiger charge is -2.38. The Morgan fingerprint density at radius 2 is 1.88 bits per heavy atom. The van der Waals surface area contributed by atoms with Crippen molar-refractivity contribution in [3.63, 3.8) is 0 Å². The zero-order chi connectivity index (χ0) is 24.3. The number of ether oxygens (including phenoxy) is 2. The molecule has 1 saturated carbocycles. The molecule has 0 spiro atoms. The van der Waals surface area contributed by atoms with E-state index >= 15 is 0 Å². The molecule has 0 saturated heterocycles. The second-order valence-electron chi connectivity index (χ2n) is 9.49. The number of carbonyl (C=O) groups is 2. The van der Waals surface area contributed by atoms with Gasteiger partial charge in [0.05, 0.1) is 29.6 Å². The van der Waals surface area contributed by atoms with Gasteiger partial charge >= 0.3 is 6.09 Å². The Kier molecular flexibility index (Phi) is 7.36. The minimum atomic E-state index is -3.29. The lowest BCUT2D eigenvalue weighted by Crippen LogP contribution is -2.49. The number of nitrogens with zero attached hydrogens (tertiary/aromatic N) is 1. The number of amides is 2. The Bertz CT molecular complexity index is 1020. The molecule has 1 aromatic heterocycles. The third kappa shape index (κ3) is 6.46. The standard InChI is InChI=1S/C23H33N3O6S/c1-5-31-20-17(19(27)24-16-11-14-33(29,30)15-16)9-10-18(25-20)23(12-7-6-8-13-23)26-21(28)32-22(2,3)4/h9-11,14,16H,5-8,12-13,15H2,1-4H3,(H,24,27)(H,26,28)/t16-/m1/s1. The summed E-state index contributed by atoms with van der Waals surface area (Å²) in [5.74, 6) is -0.493. The molecule has 2 heterocycles. The Morgan fingerprint density at radius 1 is 1.18 bits per heavy atom. The van der Waals surface area contributed by atoms with Crippen molar-refractivity contribution in [2.45, 2.75) is 77.0 Å². The summed E-state index contributed by atoms with van der Waals surface area (Å²) in [5.41, 5.74) is -0.532. The molecule has 0 aromatic carbocycles. The number of nitrogens with one attached hydrogen (secondary N) is 2. The summed E-state index contributed by atoms with van der Waals surface area (Å²) in [6.07, 6.45) is 5.24. The fourth-order valence-electron chi connectivity index (χ4n) is 4.14. The van der Waals surface area contributed by atoms with E-state index in [9.17, 15) is 18.0 Å². The van der Waals surface area contributed by atoms with Crippen LogP contribution in [0.25, 0.3) is 0 Å². The summed E-state index contributed by atoms with van der Waals surface area (Å²) in [6, 6.07) is 2.74. The number of sulfone groups is 1. The van der Waals surface area contributed by atoms with Gasteiger partial charge in [-0.3, -0.25) is 4.79 Å². The first-order chi connectivity index (χ1) is 15.4. The third-order valence-corrected chi connectivity index (χ3v) is 6.97. The van der Waals surface area contributed by atoms with Crippen LogP contribution in [-0.4, -0.2) is 49.4 Å². The second kappa shape index (κ2) is 9.70. The monoisotopic (exact) mass is 479 g/mol. The van der Waals surface area contributed by atoms with Gasteiger partial charge in [-0.15, -0.1) is 0 Å². The molecular weight excluding hydrogens is 446 g/mol. The van der Waals surface area contributed by atoms with Gasteiger partial charge in [-0.25, -0.2) is 18.2 Å². The Morgan fingerprint density at radius 3 is 2.45 bits per heavy atom. The maximum absolute atomic E-state index is 12.9. The number of aromatic nitrogens is 1. The van der Waals surface area contributed by atoms with Crippen LogP contribution >= 0.6 is 0 Å². The van der Waals surface area contributed by atoms with E-state index in [1.54, 1.807) is 19.1 Å². The van der Waals surface area contributed by atoms with Crippen molar-refractivity contribution in [2.24, 2.45) is 0 Å². The maximum atomic E-state index is 12.9. The second-order valence-corrected chi connectivity index (χ2v) is 11.4. The lowest BCUT2D eigenvalue weighted by molar-refractivity contribution is 0.0415. The first kappa shape index (κ1) is 25.0.